The molecule has 0 aliphatic rings. The van der Waals surface area contributed by atoms with Crippen molar-refractivity contribution >= 4 is 24.3 Å². The van der Waals surface area contributed by atoms with Gasteiger partial charge in [0.25, 0.3) is 0 Å². The van der Waals surface area contributed by atoms with E-state index in [1.54, 1.807) is 6.92 Å². The molecule has 0 spiro atoms. The first kappa shape index (κ1) is 19.5. The zero-order valence-corrected chi connectivity index (χ0v) is 16.6. The molecule has 0 aliphatic carbocycles. The minimum absolute atomic E-state index is 0.0159. The minimum atomic E-state index is -3.66. The van der Waals surface area contributed by atoms with Crippen molar-refractivity contribution < 1.29 is 14.0 Å². The molecule has 7 heteroatoms. The fourth-order valence-electron chi connectivity index (χ4n) is 2.78. The second-order valence-electron chi connectivity index (χ2n) is 6.48. The third-order valence-corrected chi connectivity index (χ3v) is 5.81. The number of fused-ring (bicyclic) bond motifs is 1. The monoisotopic (exact) mass is 385 g/mol. The zero-order valence-electron chi connectivity index (χ0n) is 15.7. The maximum atomic E-state index is 12.2. The Morgan fingerprint density at radius 3 is 2.52 bits per heavy atom. The Balaban J connectivity index is 1.85. The van der Waals surface area contributed by atoms with E-state index in [1.807, 2.05) is 62.5 Å². The number of anilines is 1. The molecule has 0 saturated heterocycles. The van der Waals surface area contributed by atoms with Crippen LogP contribution in [0.25, 0.3) is 22.3 Å². The van der Waals surface area contributed by atoms with Gasteiger partial charge in [0.1, 0.15) is 5.82 Å². The normalized spacial score (nSPS) is 14.7. The SMILES string of the molecule is CCC(C)OP(=O)(O)Cc1ccc(-c2nc(NC)c3ccccc3n2)cc1. The molecule has 0 saturated carbocycles. The number of aromatic nitrogens is 2. The maximum absolute atomic E-state index is 12.2. The lowest BCUT2D eigenvalue weighted by Gasteiger charge is -2.16. The Labute approximate surface area is 159 Å². The topological polar surface area (TPSA) is 84.3 Å². The number of nitrogens with one attached hydrogen (secondary N) is 1. The molecule has 0 bridgehead atoms. The van der Waals surface area contributed by atoms with Crippen molar-refractivity contribution in [2.45, 2.75) is 32.5 Å². The van der Waals surface area contributed by atoms with E-state index in [2.05, 4.69) is 15.3 Å². The van der Waals surface area contributed by atoms with Crippen molar-refractivity contribution in [1.82, 2.24) is 9.97 Å². The van der Waals surface area contributed by atoms with Crippen molar-refractivity contribution in [3.63, 3.8) is 0 Å². The molecule has 2 N–H and O–H groups in total. The molecular formula is C20H24N3O3P. The largest absolute Gasteiger partial charge is 0.373 e. The van der Waals surface area contributed by atoms with Crippen LogP contribution in [-0.4, -0.2) is 28.0 Å². The van der Waals surface area contributed by atoms with E-state index < -0.39 is 7.60 Å². The number of nitrogens with zero attached hydrogens (tertiary/aromatic N) is 2. The van der Waals surface area contributed by atoms with E-state index in [1.165, 1.54) is 0 Å². The molecule has 2 atom stereocenters. The minimum Gasteiger partial charge on any atom is -0.373 e. The molecule has 0 amide bonds. The number of rotatable bonds is 7. The van der Waals surface area contributed by atoms with E-state index in [0.717, 1.165) is 27.8 Å². The number of para-hydroxylation sites is 1. The maximum Gasteiger partial charge on any atom is 0.332 e. The predicted octanol–water partition coefficient (Wildman–Crippen LogP) is 4.84. The van der Waals surface area contributed by atoms with Crippen LogP contribution in [0.15, 0.2) is 48.5 Å². The van der Waals surface area contributed by atoms with Crippen molar-refractivity contribution in [1.29, 1.82) is 0 Å². The molecule has 2 unspecified atom stereocenters. The summed E-state index contributed by atoms with van der Waals surface area (Å²) < 4.78 is 17.5. The smallest absolute Gasteiger partial charge is 0.332 e. The van der Waals surface area contributed by atoms with Gasteiger partial charge in [-0.1, -0.05) is 43.3 Å². The first-order valence-electron chi connectivity index (χ1n) is 8.96. The van der Waals surface area contributed by atoms with Crippen LogP contribution in [0.3, 0.4) is 0 Å². The Morgan fingerprint density at radius 2 is 1.85 bits per heavy atom. The van der Waals surface area contributed by atoms with Crippen LogP contribution in [0, 0.1) is 0 Å². The summed E-state index contributed by atoms with van der Waals surface area (Å²) in [6, 6.07) is 15.2. The van der Waals surface area contributed by atoms with Gasteiger partial charge in [0.15, 0.2) is 5.82 Å². The van der Waals surface area contributed by atoms with E-state index in [0.29, 0.717) is 12.2 Å². The predicted molar refractivity (Wildman–Crippen MR) is 109 cm³/mol. The average molecular weight is 385 g/mol. The fraction of sp³-hybridized carbons (Fsp3) is 0.300. The van der Waals surface area contributed by atoms with Crippen molar-refractivity contribution in [2.75, 3.05) is 12.4 Å². The highest BCUT2D eigenvalue weighted by Crippen LogP contribution is 2.47. The van der Waals surface area contributed by atoms with Gasteiger partial charge in [-0.25, -0.2) is 9.97 Å². The van der Waals surface area contributed by atoms with Crippen LogP contribution in [0.5, 0.6) is 0 Å². The molecule has 2 aromatic carbocycles. The van der Waals surface area contributed by atoms with Gasteiger partial charge in [-0.2, -0.15) is 0 Å². The molecule has 1 heterocycles. The van der Waals surface area contributed by atoms with Crippen LogP contribution in [-0.2, 0) is 15.3 Å². The van der Waals surface area contributed by atoms with Crippen LogP contribution < -0.4 is 5.32 Å². The van der Waals surface area contributed by atoms with E-state index >= 15 is 0 Å². The van der Waals surface area contributed by atoms with Crippen LogP contribution in [0.4, 0.5) is 5.82 Å². The van der Waals surface area contributed by atoms with Gasteiger partial charge in [-0.3, -0.25) is 4.57 Å². The van der Waals surface area contributed by atoms with Crippen LogP contribution >= 0.6 is 7.60 Å². The highest BCUT2D eigenvalue weighted by molar-refractivity contribution is 7.51. The average Bonchev–Trinajstić information content (AvgIpc) is 2.66. The second kappa shape index (κ2) is 8.17. The Bertz CT molecular complexity index is 976. The molecule has 0 radical (unpaired) electrons. The molecule has 0 aliphatic heterocycles. The molecule has 1 aromatic heterocycles. The number of benzene rings is 2. The molecule has 3 rings (SSSR count). The standard InChI is InChI=1S/C20H24N3O3P/c1-4-14(2)26-27(24,25)13-15-9-11-16(12-10-15)19-22-18-8-6-5-7-17(18)20(21-3)23-19/h5-12,14H,4,13H2,1-3H3,(H,24,25)(H,21,22,23). The van der Waals surface area contributed by atoms with E-state index in [-0.39, 0.29) is 12.3 Å². The number of hydrogen-bond acceptors (Lipinski definition) is 5. The van der Waals surface area contributed by atoms with Gasteiger partial charge in [0.2, 0.25) is 0 Å². The Kier molecular flexibility index (Phi) is 5.90. The van der Waals surface area contributed by atoms with E-state index in [9.17, 15) is 9.46 Å². The molecule has 6 nitrogen and oxygen atoms in total. The molecule has 142 valence electrons. The van der Waals surface area contributed by atoms with Gasteiger partial charge in [-0.15, -0.1) is 0 Å². The van der Waals surface area contributed by atoms with E-state index in [4.69, 9.17) is 4.52 Å². The second-order valence-corrected chi connectivity index (χ2v) is 8.28. The quantitative estimate of drug-likeness (QED) is 0.566. The molecular weight excluding hydrogens is 361 g/mol. The summed E-state index contributed by atoms with van der Waals surface area (Å²) in [4.78, 5) is 19.3. The summed E-state index contributed by atoms with van der Waals surface area (Å²) >= 11 is 0. The Morgan fingerprint density at radius 1 is 1.15 bits per heavy atom. The summed E-state index contributed by atoms with van der Waals surface area (Å²) in [6.07, 6.45) is 0.431. The molecule has 0 fully saturated rings. The molecule has 3 aromatic rings. The fourth-order valence-corrected chi connectivity index (χ4v) is 4.24. The lowest BCUT2D eigenvalue weighted by atomic mass is 10.1. The zero-order chi connectivity index (χ0) is 19.4. The van der Waals surface area contributed by atoms with Gasteiger partial charge in [0.05, 0.1) is 17.8 Å². The third-order valence-electron chi connectivity index (χ3n) is 4.35. The van der Waals surface area contributed by atoms with Crippen molar-refractivity contribution in [3.8, 4) is 11.4 Å². The van der Waals surface area contributed by atoms with Gasteiger partial charge in [0, 0.05) is 18.0 Å². The summed E-state index contributed by atoms with van der Waals surface area (Å²) in [5.74, 6) is 1.37. The van der Waals surface area contributed by atoms with Crippen LogP contribution in [0.1, 0.15) is 25.8 Å². The molecule has 27 heavy (non-hydrogen) atoms. The van der Waals surface area contributed by atoms with Gasteiger partial charge >= 0.3 is 7.60 Å². The van der Waals surface area contributed by atoms with Crippen molar-refractivity contribution in [3.05, 3.63) is 54.1 Å². The first-order chi connectivity index (χ1) is 12.9. The highest BCUT2D eigenvalue weighted by Gasteiger charge is 2.22. The Hall–Kier alpha value is -2.27. The highest BCUT2D eigenvalue weighted by atomic mass is 31.2. The lowest BCUT2D eigenvalue weighted by molar-refractivity contribution is 0.185. The lowest BCUT2D eigenvalue weighted by Crippen LogP contribution is -2.05. The first-order valence-corrected chi connectivity index (χ1v) is 10.7. The summed E-state index contributed by atoms with van der Waals surface area (Å²) in [5, 5.41) is 4.07. The summed E-state index contributed by atoms with van der Waals surface area (Å²) in [7, 11) is -1.83. The van der Waals surface area contributed by atoms with Gasteiger partial charge in [-0.05, 0) is 31.0 Å². The summed E-state index contributed by atoms with van der Waals surface area (Å²) in [6.45, 7) is 3.71. The third kappa shape index (κ3) is 4.72. The number of hydrogen-bond donors (Lipinski definition) is 2. The van der Waals surface area contributed by atoms with Gasteiger partial charge < -0.3 is 14.7 Å². The van der Waals surface area contributed by atoms with Crippen LogP contribution in [0.2, 0.25) is 0 Å². The summed E-state index contributed by atoms with van der Waals surface area (Å²) in [5.41, 5.74) is 2.44. The van der Waals surface area contributed by atoms with Crippen molar-refractivity contribution in [2.24, 2.45) is 0 Å².